The van der Waals surface area contributed by atoms with Gasteiger partial charge in [-0.2, -0.15) is 0 Å². The highest BCUT2D eigenvalue weighted by Crippen LogP contribution is 2.41. The maximum absolute atomic E-state index is 11.4. The van der Waals surface area contributed by atoms with Crippen molar-refractivity contribution in [3.8, 4) is 5.75 Å². The fourth-order valence-corrected chi connectivity index (χ4v) is 3.29. The molecule has 1 aromatic rings. The van der Waals surface area contributed by atoms with E-state index in [9.17, 15) is 4.79 Å². The number of nitrogens with one attached hydrogen (secondary N) is 1. The van der Waals surface area contributed by atoms with Gasteiger partial charge in [-0.05, 0) is 37.0 Å². The molecule has 108 valence electrons. The Morgan fingerprint density at radius 2 is 2.15 bits per heavy atom. The van der Waals surface area contributed by atoms with E-state index in [1.807, 2.05) is 12.1 Å². The lowest BCUT2D eigenvalue weighted by molar-refractivity contribution is -0.119. The molecule has 1 heterocycles. The van der Waals surface area contributed by atoms with Crippen molar-refractivity contribution >= 4 is 5.91 Å². The molecule has 2 aliphatic rings. The lowest BCUT2D eigenvalue weighted by Crippen LogP contribution is -2.39. The second kappa shape index (κ2) is 5.44. The van der Waals surface area contributed by atoms with E-state index >= 15 is 0 Å². The van der Waals surface area contributed by atoms with Crippen molar-refractivity contribution in [2.75, 3.05) is 13.7 Å². The third-order valence-electron chi connectivity index (χ3n) is 4.28. The van der Waals surface area contributed by atoms with Crippen LogP contribution in [0.15, 0.2) is 24.3 Å². The van der Waals surface area contributed by atoms with E-state index in [1.54, 1.807) is 14.0 Å². The minimum absolute atomic E-state index is 0.0561. The van der Waals surface area contributed by atoms with Crippen LogP contribution >= 0.6 is 0 Å². The summed E-state index contributed by atoms with van der Waals surface area (Å²) in [4.78, 5) is 14.0. The largest absolute Gasteiger partial charge is 0.497 e. The molecule has 1 N–H and O–H groups in total. The summed E-state index contributed by atoms with van der Waals surface area (Å²) < 4.78 is 5.34. The highest BCUT2D eigenvalue weighted by atomic mass is 16.5. The number of likely N-dealkylation sites (tertiary alicyclic amines) is 1. The number of hydrogen-bond donors (Lipinski definition) is 1. The van der Waals surface area contributed by atoms with Crippen molar-refractivity contribution in [2.45, 2.75) is 44.3 Å². The Labute approximate surface area is 120 Å². The molecule has 1 aromatic carbocycles. The fourth-order valence-electron chi connectivity index (χ4n) is 3.29. The molecule has 2 atom stereocenters. The standard InChI is InChI=1S/C16H22N2O2/c1-11(19)17-15-8-9-18(13-6-7-13)16(15)12-4-3-5-14(10-12)20-2/h3-5,10,13,15-16H,6-9H2,1-2H3,(H,17,19). The highest BCUT2D eigenvalue weighted by molar-refractivity contribution is 5.73. The number of carbonyl (C=O) groups is 1. The van der Waals surface area contributed by atoms with Gasteiger partial charge in [-0.3, -0.25) is 9.69 Å². The van der Waals surface area contributed by atoms with Crippen LogP contribution in [0.3, 0.4) is 0 Å². The molecule has 0 spiro atoms. The van der Waals surface area contributed by atoms with Crippen molar-refractivity contribution in [1.82, 2.24) is 10.2 Å². The molecule has 1 saturated heterocycles. The molecule has 4 nitrogen and oxygen atoms in total. The number of rotatable bonds is 4. The van der Waals surface area contributed by atoms with Crippen LogP contribution in [0.2, 0.25) is 0 Å². The van der Waals surface area contributed by atoms with Crippen molar-refractivity contribution in [2.24, 2.45) is 0 Å². The minimum Gasteiger partial charge on any atom is -0.497 e. The van der Waals surface area contributed by atoms with Gasteiger partial charge in [0.05, 0.1) is 13.2 Å². The third kappa shape index (κ3) is 2.66. The van der Waals surface area contributed by atoms with E-state index in [0.717, 1.165) is 18.7 Å². The summed E-state index contributed by atoms with van der Waals surface area (Å²) in [5, 5.41) is 3.12. The van der Waals surface area contributed by atoms with Crippen molar-refractivity contribution < 1.29 is 9.53 Å². The van der Waals surface area contributed by atoms with Crippen molar-refractivity contribution in [3.05, 3.63) is 29.8 Å². The van der Waals surface area contributed by atoms with E-state index in [4.69, 9.17) is 4.74 Å². The zero-order valence-electron chi connectivity index (χ0n) is 12.1. The van der Waals surface area contributed by atoms with Gasteiger partial charge in [0.15, 0.2) is 0 Å². The Morgan fingerprint density at radius 3 is 2.80 bits per heavy atom. The topological polar surface area (TPSA) is 41.6 Å². The molecular formula is C16H22N2O2. The van der Waals surface area contributed by atoms with E-state index < -0.39 is 0 Å². The van der Waals surface area contributed by atoms with Crippen LogP contribution in [0.4, 0.5) is 0 Å². The molecule has 1 amide bonds. The molecule has 1 aliphatic carbocycles. The van der Waals surface area contributed by atoms with Gasteiger partial charge >= 0.3 is 0 Å². The smallest absolute Gasteiger partial charge is 0.217 e. The number of carbonyl (C=O) groups excluding carboxylic acids is 1. The molecule has 0 bridgehead atoms. The summed E-state index contributed by atoms with van der Waals surface area (Å²) in [6, 6.07) is 9.42. The predicted octanol–water partition coefficient (Wildman–Crippen LogP) is 2.11. The Morgan fingerprint density at radius 1 is 1.35 bits per heavy atom. The van der Waals surface area contributed by atoms with E-state index in [2.05, 4.69) is 22.3 Å². The SMILES string of the molecule is COc1cccc(C2C(NC(C)=O)CCN2C2CC2)c1. The van der Waals surface area contributed by atoms with Gasteiger partial charge in [0.25, 0.3) is 0 Å². The Balaban J connectivity index is 1.88. The number of ether oxygens (including phenoxy) is 1. The molecule has 0 radical (unpaired) electrons. The monoisotopic (exact) mass is 274 g/mol. The van der Waals surface area contributed by atoms with Gasteiger partial charge in [0.2, 0.25) is 5.91 Å². The first-order valence-electron chi connectivity index (χ1n) is 7.36. The van der Waals surface area contributed by atoms with E-state index in [1.165, 1.54) is 18.4 Å². The Bertz CT molecular complexity index is 499. The average Bonchev–Trinajstić information content (AvgIpc) is 3.20. The first-order valence-corrected chi connectivity index (χ1v) is 7.36. The lowest BCUT2D eigenvalue weighted by Gasteiger charge is -2.29. The average molecular weight is 274 g/mol. The second-order valence-electron chi connectivity index (χ2n) is 5.79. The van der Waals surface area contributed by atoms with Crippen molar-refractivity contribution in [1.29, 1.82) is 0 Å². The van der Waals surface area contributed by atoms with Crippen LogP contribution in [0.25, 0.3) is 0 Å². The molecule has 3 rings (SSSR count). The third-order valence-corrected chi connectivity index (χ3v) is 4.28. The molecule has 2 unspecified atom stereocenters. The van der Waals surface area contributed by atoms with Gasteiger partial charge < -0.3 is 10.1 Å². The van der Waals surface area contributed by atoms with Crippen LogP contribution in [0.5, 0.6) is 5.75 Å². The normalized spacial score (nSPS) is 26.5. The van der Waals surface area contributed by atoms with Gasteiger partial charge in [-0.25, -0.2) is 0 Å². The molecule has 20 heavy (non-hydrogen) atoms. The summed E-state index contributed by atoms with van der Waals surface area (Å²) in [5.74, 6) is 0.937. The summed E-state index contributed by atoms with van der Waals surface area (Å²) in [5.41, 5.74) is 1.24. The predicted molar refractivity (Wildman–Crippen MR) is 77.7 cm³/mol. The molecule has 1 saturated carbocycles. The summed E-state index contributed by atoms with van der Waals surface area (Å²) in [6.45, 7) is 2.67. The zero-order valence-corrected chi connectivity index (χ0v) is 12.1. The van der Waals surface area contributed by atoms with Crippen molar-refractivity contribution in [3.63, 3.8) is 0 Å². The minimum atomic E-state index is 0.0561. The second-order valence-corrected chi connectivity index (χ2v) is 5.79. The summed E-state index contributed by atoms with van der Waals surface area (Å²) in [6.07, 6.45) is 3.60. The van der Waals surface area contributed by atoms with Gasteiger partial charge in [0.1, 0.15) is 5.75 Å². The van der Waals surface area contributed by atoms with E-state index in [0.29, 0.717) is 6.04 Å². The highest BCUT2D eigenvalue weighted by Gasteiger charge is 2.43. The Hall–Kier alpha value is -1.55. The Kier molecular flexibility index (Phi) is 3.66. The van der Waals surface area contributed by atoms with Gasteiger partial charge in [0, 0.05) is 25.6 Å². The molecule has 2 fully saturated rings. The van der Waals surface area contributed by atoms with E-state index in [-0.39, 0.29) is 18.0 Å². The molecule has 1 aliphatic heterocycles. The molecule has 0 aromatic heterocycles. The van der Waals surface area contributed by atoms with Crippen LogP contribution in [0.1, 0.15) is 37.8 Å². The quantitative estimate of drug-likeness (QED) is 0.914. The summed E-state index contributed by atoms with van der Waals surface area (Å²) >= 11 is 0. The van der Waals surface area contributed by atoms with Crippen LogP contribution < -0.4 is 10.1 Å². The number of benzene rings is 1. The van der Waals surface area contributed by atoms with Crippen LogP contribution in [-0.4, -0.2) is 36.5 Å². The van der Waals surface area contributed by atoms with Gasteiger partial charge in [-0.1, -0.05) is 12.1 Å². The first kappa shape index (κ1) is 13.4. The number of amides is 1. The zero-order chi connectivity index (χ0) is 14.1. The molecular weight excluding hydrogens is 252 g/mol. The summed E-state index contributed by atoms with van der Waals surface area (Å²) in [7, 11) is 1.69. The number of nitrogens with zero attached hydrogens (tertiary/aromatic N) is 1. The fraction of sp³-hybridized carbons (Fsp3) is 0.562. The number of hydrogen-bond acceptors (Lipinski definition) is 3. The van der Waals surface area contributed by atoms with Crippen LogP contribution in [0, 0.1) is 0 Å². The molecule has 4 heteroatoms. The van der Waals surface area contributed by atoms with Gasteiger partial charge in [-0.15, -0.1) is 0 Å². The first-order chi connectivity index (χ1) is 9.69. The number of methoxy groups -OCH3 is 1. The van der Waals surface area contributed by atoms with Crippen LogP contribution in [-0.2, 0) is 4.79 Å². The lowest BCUT2D eigenvalue weighted by atomic mass is 9.99. The maximum Gasteiger partial charge on any atom is 0.217 e. The maximum atomic E-state index is 11.4.